The van der Waals surface area contributed by atoms with E-state index >= 15 is 0 Å². The summed E-state index contributed by atoms with van der Waals surface area (Å²) in [7, 11) is 0. The molecule has 0 amide bonds. The van der Waals surface area contributed by atoms with Crippen LogP contribution in [-0.4, -0.2) is 31.2 Å². The van der Waals surface area contributed by atoms with Gasteiger partial charge in [0.1, 0.15) is 5.82 Å². The van der Waals surface area contributed by atoms with Crippen LogP contribution in [0.25, 0.3) is 10.8 Å². The molecule has 0 atom stereocenters. The van der Waals surface area contributed by atoms with Gasteiger partial charge >= 0.3 is 0 Å². The molecule has 1 aromatic heterocycles. The van der Waals surface area contributed by atoms with Gasteiger partial charge in [-0.15, -0.1) is 0 Å². The molecule has 0 bridgehead atoms. The Bertz CT molecular complexity index is 542. The summed E-state index contributed by atoms with van der Waals surface area (Å²) < 4.78 is 0. The van der Waals surface area contributed by atoms with E-state index in [0.717, 1.165) is 32.0 Å². The summed E-state index contributed by atoms with van der Waals surface area (Å²) in [4.78, 5) is 7.02. The number of anilines is 1. The number of rotatable bonds is 1. The second-order valence-electron chi connectivity index (χ2n) is 4.90. The standard InChI is InChI=1S/C15H19N3/c1-12-4-2-5-14-13(12)6-8-17-15(14)18-10-3-7-16-9-11-18/h2,4-6,8,16H,3,7,9-11H2,1H3. The lowest BCUT2D eigenvalue weighted by Gasteiger charge is -2.22. The first-order valence-electron chi connectivity index (χ1n) is 6.66. The fraction of sp³-hybridized carbons (Fsp3) is 0.400. The van der Waals surface area contributed by atoms with Gasteiger partial charge in [-0.1, -0.05) is 18.2 Å². The lowest BCUT2D eigenvalue weighted by atomic mass is 10.1. The summed E-state index contributed by atoms with van der Waals surface area (Å²) in [6.45, 7) is 6.45. The molecule has 2 heterocycles. The van der Waals surface area contributed by atoms with Gasteiger partial charge in [0.05, 0.1) is 0 Å². The zero-order valence-electron chi connectivity index (χ0n) is 10.8. The smallest absolute Gasteiger partial charge is 0.136 e. The third-order valence-corrected chi connectivity index (χ3v) is 3.64. The minimum absolute atomic E-state index is 1.04. The van der Waals surface area contributed by atoms with Crippen molar-refractivity contribution >= 4 is 16.6 Å². The molecular weight excluding hydrogens is 222 g/mol. The number of nitrogens with zero attached hydrogens (tertiary/aromatic N) is 2. The number of aromatic nitrogens is 1. The first-order chi connectivity index (χ1) is 8.86. The molecule has 0 saturated carbocycles. The molecule has 3 rings (SSSR count). The van der Waals surface area contributed by atoms with Crippen LogP contribution in [0.2, 0.25) is 0 Å². The third-order valence-electron chi connectivity index (χ3n) is 3.64. The lowest BCUT2D eigenvalue weighted by Crippen LogP contribution is -2.28. The van der Waals surface area contributed by atoms with Crippen molar-refractivity contribution < 1.29 is 0 Å². The van der Waals surface area contributed by atoms with Crippen molar-refractivity contribution in [1.82, 2.24) is 10.3 Å². The second-order valence-corrected chi connectivity index (χ2v) is 4.90. The number of fused-ring (bicyclic) bond motifs is 1. The van der Waals surface area contributed by atoms with Gasteiger partial charge < -0.3 is 10.2 Å². The molecule has 1 aliphatic rings. The van der Waals surface area contributed by atoms with Crippen LogP contribution >= 0.6 is 0 Å². The average Bonchev–Trinajstić information content (AvgIpc) is 2.67. The van der Waals surface area contributed by atoms with Gasteiger partial charge in [-0.25, -0.2) is 4.98 Å². The summed E-state index contributed by atoms with van der Waals surface area (Å²) in [5.41, 5.74) is 1.32. The van der Waals surface area contributed by atoms with Crippen LogP contribution < -0.4 is 10.2 Å². The topological polar surface area (TPSA) is 28.2 Å². The minimum Gasteiger partial charge on any atom is -0.355 e. The van der Waals surface area contributed by atoms with Crippen molar-refractivity contribution in [2.24, 2.45) is 0 Å². The van der Waals surface area contributed by atoms with Gasteiger partial charge in [0.2, 0.25) is 0 Å². The van der Waals surface area contributed by atoms with Gasteiger partial charge in [0, 0.05) is 31.2 Å². The van der Waals surface area contributed by atoms with Crippen molar-refractivity contribution in [3.63, 3.8) is 0 Å². The van der Waals surface area contributed by atoms with Crippen LogP contribution in [0.1, 0.15) is 12.0 Å². The molecule has 1 N–H and O–H groups in total. The maximum Gasteiger partial charge on any atom is 0.136 e. The van der Waals surface area contributed by atoms with E-state index in [1.165, 1.54) is 22.8 Å². The van der Waals surface area contributed by atoms with Crippen molar-refractivity contribution in [3.05, 3.63) is 36.0 Å². The zero-order chi connectivity index (χ0) is 12.4. The van der Waals surface area contributed by atoms with Crippen molar-refractivity contribution in [2.45, 2.75) is 13.3 Å². The number of aryl methyl sites for hydroxylation is 1. The maximum absolute atomic E-state index is 4.61. The summed E-state index contributed by atoms with van der Waals surface area (Å²) >= 11 is 0. The average molecular weight is 241 g/mol. The quantitative estimate of drug-likeness (QED) is 0.830. The van der Waals surface area contributed by atoms with Crippen LogP contribution in [-0.2, 0) is 0 Å². The van der Waals surface area contributed by atoms with E-state index in [1.54, 1.807) is 0 Å². The Morgan fingerprint density at radius 1 is 1.11 bits per heavy atom. The Kier molecular flexibility index (Phi) is 3.15. The van der Waals surface area contributed by atoms with E-state index in [9.17, 15) is 0 Å². The van der Waals surface area contributed by atoms with E-state index in [0.29, 0.717) is 0 Å². The van der Waals surface area contributed by atoms with Crippen LogP contribution in [0, 0.1) is 6.92 Å². The Labute approximate surface area is 108 Å². The predicted octanol–water partition coefficient (Wildman–Crippen LogP) is 2.34. The van der Waals surface area contributed by atoms with Gasteiger partial charge in [0.25, 0.3) is 0 Å². The summed E-state index contributed by atoms with van der Waals surface area (Å²) in [6.07, 6.45) is 3.12. The van der Waals surface area contributed by atoms with E-state index in [2.05, 4.69) is 46.4 Å². The molecule has 0 unspecified atom stereocenters. The van der Waals surface area contributed by atoms with Gasteiger partial charge in [0.15, 0.2) is 0 Å². The van der Waals surface area contributed by atoms with Gasteiger partial charge in [-0.2, -0.15) is 0 Å². The first-order valence-corrected chi connectivity index (χ1v) is 6.66. The largest absolute Gasteiger partial charge is 0.355 e. The van der Waals surface area contributed by atoms with Crippen molar-refractivity contribution in [1.29, 1.82) is 0 Å². The predicted molar refractivity (Wildman–Crippen MR) is 76.2 cm³/mol. The molecule has 3 heteroatoms. The summed E-state index contributed by atoms with van der Waals surface area (Å²) in [5.74, 6) is 1.14. The number of benzene rings is 1. The highest BCUT2D eigenvalue weighted by molar-refractivity contribution is 5.94. The number of hydrogen-bond donors (Lipinski definition) is 1. The highest BCUT2D eigenvalue weighted by atomic mass is 15.2. The molecule has 0 spiro atoms. The number of hydrogen-bond acceptors (Lipinski definition) is 3. The molecule has 94 valence electrons. The van der Waals surface area contributed by atoms with Crippen molar-refractivity contribution in [3.8, 4) is 0 Å². The van der Waals surface area contributed by atoms with Crippen LogP contribution in [0.3, 0.4) is 0 Å². The molecule has 1 saturated heterocycles. The normalized spacial score (nSPS) is 16.8. The Hall–Kier alpha value is -1.61. The molecule has 1 aromatic carbocycles. The molecule has 0 radical (unpaired) electrons. The van der Waals surface area contributed by atoms with Gasteiger partial charge in [-0.3, -0.25) is 0 Å². The lowest BCUT2D eigenvalue weighted by molar-refractivity contribution is 0.724. The molecule has 3 nitrogen and oxygen atoms in total. The van der Waals surface area contributed by atoms with E-state index in [1.807, 2.05) is 6.20 Å². The zero-order valence-corrected chi connectivity index (χ0v) is 10.8. The molecule has 18 heavy (non-hydrogen) atoms. The highest BCUT2D eigenvalue weighted by Crippen LogP contribution is 2.26. The Morgan fingerprint density at radius 3 is 3.00 bits per heavy atom. The van der Waals surface area contributed by atoms with Crippen LogP contribution in [0.15, 0.2) is 30.5 Å². The highest BCUT2D eigenvalue weighted by Gasteiger charge is 2.13. The molecule has 0 aliphatic carbocycles. The first kappa shape index (κ1) is 11.5. The molecular formula is C15H19N3. The van der Waals surface area contributed by atoms with Crippen molar-refractivity contribution in [2.75, 3.05) is 31.1 Å². The molecule has 1 fully saturated rings. The Balaban J connectivity index is 2.08. The second kappa shape index (κ2) is 4.94. The van der Waals surface area contributed by atoms with Crippen LogP contribution in [0.5, 0.6) is 0 Å². The van der Waals surface area contributed by atoms with Gasteiger partial charge in [-0.05, 0) is 36.9 Å². The number of pyridine rings is 1. The molecule has 2 aromatic rings. The SMILES string of the molecule is Cc1cccc2c(N3CCCNCC3)nccc12. The van der Waals surface area contributed by atoms with E-state index in [-0.39, 0.29) is 0 Å². The fourth-order valence-corrected chi connectivity index (χ4v) is 2.66. The maximum atomic E-state index is 4.61. The summed E-state index contributed by atoms with van der Waals surface area (Å²) in [6, 6.07) is 8.59. The van der Waals surface area contributed by atoms with E-state index < -0.39 is 0 Å². The monoisotopic (exact) mass is 241 g/mol. The summed E-state index contributed by atoms with van der Waals surface area (Å²) in [5, 5.41) is 6.03. The number of nitrogens with one attached hydrogen (secondary N) is 1. The van der Waals surface area contributed by atoms with Crippen LogP contribution in [0.4, 0.5) is 5.82 Å². The molecule has 1 aliphatic heterocycles. The Morgan fingerprint density at radius 2 is 2.06 bits per heavy atom. The van der Waals surface area contributed by atoms with E-state index in [4.69, 9.17) is 0 Å². The fourth-order valence-electron chi connectivity index (χ4n) is 2.66. The third kappa shape index (κ3) is 2.06. The minimum atomic E-state index is 1.04.